The topological polar surface area (TPSA) is 58.6 Å². The van der Waals surface area contributed by atoms with E-state index in [1.54, 1.807) is 0 Å². The molecule has 0 bridgehead atoms. The van der Waals surface area contributed by atoms with E-state index in [-0.39, 0.29) is 12.5 Å². The van der Waals surface area contributed by atoms with Crippen LogP contribution in [0.5, 0.6) is 5.75 Å². The minimum absolute atomic E-state index is 0.160. The molecule has 3 aromatic rings. The number of ether oxygens (including phenoxy) is 1. The fourth-order valence-corrected chi connectivity index (χ4v) is 5.31. The van der Waals surface area contributed by atoms with E-state index in [0.29, 0.717) is 29.4 Å². The van der Waals surface area contributed by atoms with Crippen LogP contribution in [0.2, 0.25) is 5.02 Å². The second-order valence-corrected chi connectivity index (χ2v) is 8.17. The number of urea groups is 1. The molecule has 1 unspecified atom stereocenters. The molecule has 2 aliphatic rings. The van der Waals surface area contributed by atoms with Crippen molar-refractivity contribution in [2.24, 2.45) is 0 Å². The van der Waals surface area contributed by atoms with Crippen molar-refractivity contribution in [3.05, 3.63) is 64.0 Å². The molecule has 5 rings (SSSR count). The molecule has 3 amide bonds. The van der Waals surface area contributed by atoms with Gasteiger partial charge in [0.05, 0.1) is 18.2 Å². The first-order valence-electron chi connectivity index (χ1n) is 8.62. The monoisotopic (exact) mass is 398 g/mol. The Morgan fingerprint density at radius 2 is 1.93 bits per heavy atom. The Balaban J connectivity index is 1.53. The maximum absolute atomic E-state index is 13.3. The molecule has 2 aromatic carbocycles. The maximum atomic E-state index is 13.3. The number of para-hydroxylation sites is 1. The van der Waals surface area contributed by atoms with Crippen molar-refractivity contribution in [3.63, 3.8) is 0 Å². The molecule has 0 aliphatic carbocycles. The van der Waals surface area contributed by atoms with Crippen LogP contribution in [0.4, 0.5) is 4.79 Å². The summed E-state index contributed by atoms with van der Waals surface area (Å²) in [4.78, 5) is 28.1. The van der Waals surface area contributed by atoms with Crippen LogP contribution in [-0.4, -0.2) is 23.4 Å². The highest BCUT2D eigenvalue weighted by Gasteiger charge is 2.54. The number of amides is 3. The van der Waals surface area contributed by atoms with Crippen LogP contribution in [0, 0.1) is 0 Å². The highest BCUT2D eigenvalue weighted by molar-refractivity contribution is 7.19. The zero-order valence-electron chi connectivity index (χ0n) is 14.2. The first-order chi connectivity index (χ1) is 13.1. The number of halogens is 1. The van der Waals surface area contributed by atoms with Crippen molar-refractivity contribution < 1.29 is 14.3 Å². The lowest BCUT2D eigenvalue weighted by atomic mass is 9.84. The van der Waals surface area contributed by atoms with Crippen LogP contribution in [0.25, 0.3) is 10.1 Å². The summed E-state index contributed by atoms with van der Waals surface area (Å²) in [6, 6.07) is 14.8. The van der Waals surface area contributed by atoms with Gasteiger partial charge >= 0.3 is 6.03 Å². The van der Waals surface area contributed by atoms with Crippen molar-refractivity contribution in [1.29, 1.82) is 0 Å². The smallest absolute Gasteiger partial charge is 0.325 e. The largest absolute Gasteiger partial charge is 0.493 e. The first-order valence-corrected chi connectivity index (χ1v) is 9.82. The number of imide groups is 1. The molecule has 27 heavy (non-hydrogen) atoms. The SMILES string of the molecule is O=C1NC2(CCOc3ccccc32)C(=O)N1Cc1sc2ccccc2c1Cl. The summed E-state index contributed by atoms with van der Waals surface area (Å²) in [5.41, 5.74) is -0.353. The summed E-state index contributed by atoms with van der Waals surface area (Å²) < 4.78 is 6.70. The second-order valence-electron chi connectivity index (χ2n) is 6.66. The molecule has 2 aliphatic heterocycles. The Hall–Kier alpha value is -2.57. The van der Waals surface area contributed by atoms with Crippen molar-refractivity contribution in [2.75, 3.05) is 6.61 Å². The number of fused-ring (bicyclic) bond motifs is 3. The summed E-state index contributed by atoms with van der Waals surface area (Å²) in [6.45, 7) is 0.536. The molecule has 1 fully saturated rings. The fourth-order valence-electron chi connectivity index (χ4n) is 3.83. The van der Waals surface area contributed by atoms with Crippen LogP contribution in [-0.2, 0) is 16.9 Å². The van der Waals surface area contributed by atoms with Gasteiger partial charge in [-0.3, -0.25) is 9.69 Å². The van der Waals surface area contributed by atoms with Gasteiger partial charge in [-0.15, -0.1) is 11.3 Å². The average molecular weight is 399 g/mol. The third kappa shape index (κ3) is 2.37. The van der Waals surface area contributed by atoms with E-state index < -0.39 is 11.6 Å². The van der Waals surface area contributed by atoms with Crippen molar-refractivity contribution in [3.8, 4) is 5.75 Å². The predicted octanol–water partition coefficient (Wildman–Crippen LogP) is 4.28. The van der Waals surface area contributed by atoms with Crippen LogP contribution in [0.15, 0.2) is 48.5 Å². The van der Waals surface area contributed by atoms with Crippen LogP contribution >= 0.6 is 22.9 Å². The average Bonchev–Trinajstić information content (AvgIpc) is 3.12. The lowest BCUT2D eigenvalue weighted by Gasteiger charge is -2.33. The third-order valence-electron chi connectivity index (χ3n) is 5.16. The fraction of sp³-hybridized carbons (Fsp3) is 0.200. The van der Waals surface area contributed by atoms with E-state index in [2.05, 4.69) is 5.32 Å². The number of benzene rings is 2. The van der Waals surface area contributed by atoms with Gasteiger partial charge in [0.15, 0.2) is 5.54 Å². The number of nitrogens with zero attached hydrogens (tertiary/aromatic N) is 1. The zero-order valence-corrected chi connectivity index (χ0v) is 15.8. The van der Waals surface area contributed by atoms with E-state index >= 15 is 0 Å². The van der Waals surface area contributed by atoms with E-state index in [1.165, 1.54) is 16.2 Å². The summed E-state index contributed by atoms with van der Waals surface area (Å²) in [5, 5.41) is 4.46. The molecule has 1 N–H and O–H groups in total. The number of carbonyl (C=O) groups is 2. The van der Waals surface area contributed by atoms with E-state index in [1.807, 2.05) is 48.5 Å². The standard InChI is InChI=1S/C20H15ClN2O3S/c21-17-12-5-1-4-8-15(12)27-16(17)11-23-18(24)20(22-19(23)25)9-10-26-14-7-3-2-6-13(14)20/h1-8H,9-11H2,(H,22,25). The van der Waals surface area contributed by atoms with Gasteiger partial charge in [-0.2, -0.15) is 0 Å². The number of thiophene rings is 1. The minimum atomic E-state index is -1.06. The maximum Gasteiger partial charge on any atom is 0.325 e. The molecule has 3 heterocycles. The van der Waals surface area contributed by atoms with Crippen LogP contribution < -0.4 is 10.1 Å². The second kappa shape index (κ2) is 5.97. The molecule has 1 spiro atoms. The number of rotatable bonds is 2. The molecular weight excluding hydrogens is 384 g/mol. The quantitative estimate of drug-likeness (QED) is 0.655. The van der Waals surface area contributed by atoms with Crippen LogP contribution in [0.1, 0.15) is 16.9 Å². The summed E-state index contributed by atoms with van der Waals surface area (Å²) in [7, 11) is 0. The van der Waals surface area contributed by atoms with Gasteiger partial charge in [0.2, 0.25) is 0 Å². The Labute approximate surface area is 164 Å². The molecule has 1 atom stereocenters. The van der Waals surface area contributed by atoms with Gasteiger partial charge in [0.25, 0.3) is 5.91 Å². The summed E-state index contributed by atoms with van der Waals surface area (Å²) in [5.74, 6) is 0.385. The van der Waals surface area contributed by atoms with Gasteiger partial charge in [-0.05, 0) is 12.1 Å². The summed E-state index contributed by atoms with van der Waals surface area (Å²) >= 11 is 8.02. The number of carbonyl (C=O) groups excluding carboxylic acids is 2. The Morgan fingerprint density at radius 3 is 2.78 bits per heavy atom. The lowest BCUT2D eigenvalue weighted by Crippen LogP contribution is -2.47. The Morgan fingerprint density at radius 1 is 1.15 bits per heavy atom. The molecular formula is C20H15ClN2O3S. The molecule has 5 nitrogen and oxygen atoms in total. The van der Waals surface area contributed by atoms with Crippen molar-refractivity contribution >= 4 is 45.0 Å². The van der Waals surface area contributed by atoms with Gasteiger partial charge in [-0.1, -0.05) is 48.0 Å². The predicted molar refractivity (Wildman–Crippen MR) is 104 cm³/mol. The highest BCUT2D eigenvalue weighted by atomic mass is 35.5. The number of hydrogen-bond acceptors (Lipinski definition) is 4. The lowest BCUT2D eigenvalue weighted by molar-refractivity contribution is -0.133. The minimum Gasteiger partial charge on any atom is -0.493 e. The molecule has 7 heteroatoms. The van der Waals surface area contributed by atoms with Gasteiger partial charge < -0.3 is 10.1 Å². The summed E-state index contributed by atoms with van der Waals surface area (Å²) in [6.07, 6.45) is 0.408. The highest BCUT2D eigenvalue weighted by Crippen LogP contribution is 2.42. The molecule has 0 radical (unpaired) electrons. The van der Waals surface area contributed by atoms with E-state index in [0.717, 1.165) is 15.0 Å². The molecule has 1 aromatic heterocycles. The molecule has 136 valence electrons. The van der Waals surface area contributed by atoms with Gasteiger partial charge in [-0.25, -0.2) is 4.79 Å². The first kappa shape index (κ1) is 16.6. The van der Waals surface area contributed by atoms with E-state index in [9.17, 15) is 9.59 Å². The third-order valence-corrected chi connectivity index (χ3v) is 6.86. The van der Waals surface area contributed by atoms with Gasteiger partial charge in [0.1, 0.15) is 5.75 Å². The zero-order chi connectivity index (χ0) is 18.6. The van der Waals surface area contributed by atoms with E-state index in [4.69, 9.17) is 16.3 Å². The Kier molecular flexibility index (Phi) is 3.67. The van der Waals surface area contributed by atoms with Gasteiger partial charge in [0, 0.05) is 26.9 Å². The normalized spacial score (nSPS) is 21.4. The molecule has 1 saturated heterocycles. The Bertz CT molecular complexity index is 1100. The van der Waals surface area contributed by atoms with Crippen molar-refractivity contribution in [2.45, 2.75) is 18.5 Å². The van der Waals surface area contributed by atoms with Crippen LogP contribution in [0.3, 0.4) is 0 Å². The number of hydrogen-bond donors (Lipinski definition) is 1. The van der Waals surface area contributed by atoms with Crippen molar-refractivity contribution in [1.82, 2.24) is 10.2 Å². The molecule has 0 saturated carbocycles. The number of nitrogens with one attached hydrogen (secondary N) is 1.